The molecule has 2 rings (SSSR count). The number of amides is 1. The van der Waals surface area contributed by atoms with E-state index in [1.54, 1.807) is 17.0 Å². The monoisotopic (exact) mass is 285 g/mol. The van der Waals surface area contributed by atoms with Crippen molar-refractivity contribution in [3.63, 3.8) is 0 Å². The van der Waals surface area contributed by atoms with E-state index in [2.05, 4.69) is 0 Å². The van der Waals surface area contributed by atoms with Gasteiger partial charge in [0.05, 0.1) is 6.42 Å². The van der Waals surface area contributed by atoms with Gasteiger partial charge in [-0.3, -0.25) is 9.59 Å². The van der Waals surface area contributed by atoms with Gasteiger partial charge in [-0.2, -0.15) is 0 Å². The first-order valence-electron chi connectivity index (χ1n) is 5.81. The Morgan fingerprint density at radius 2 is 1.94 bits per heavy atom. The van der Waals surface area contributed by atoms with Crippen LogP contribution in [0.1, 0.15) is 18.4 Å². The molecule has 0 aliphatic carbocycles. The predicted octanol–water partition coefficient (Wildman–Crippen LogP) is 2.64. The lowest BCUT2D eigenvalue weighted by Gasteiger charge is -2.21. The second kappa shape index (κ2) is 5.72. The predicted molar refractivity (Wildman–Crippen MR) is 70.8 cm³/mol. The van der Waals surface area contributed by atoms with Crippen molar-refractivity contribution in [1.29, 1.82) is 0 Å². The molecule has 96 valence electrons. The maximum Gasteiger partial charge on any atom is 0.244 e. The number of rotatable bonds is 3. The van der Waals surface area contributed by atoms with Crippen LogP contribution in [0.2, 0.25) is 5.02 Å². The van der Waals surface area contributed by atoms with Gasteiger partial charge >= 0.3 is 0 Å². The number of carbonyl (C=O) groups is 2. The van der Waals surface area contributed by atoms with E-state index >= 15 is 0 Å². The first-order valence-corrected chi connectivity index (χ1v) is 6.57. The van der Waals surface area contributed by atoms with Crippen molar-refractivity contribution < 1.29 is 9.59 Å². The lowest BCUT2D eigenvalue weighted by atomic mass is 10.1. The topological polar surface area (TPSA) is 37.4 Å². The molecule has 1 heterocycles. The summed E-state index contributed by atoms with van der Waals surface area (Å²) >= 11 is 11.3. The number of likely N-dealkylation sites (tertiary alicyclic amines) is 1. The maximum absolute atomic E-state index is 12.1. The average molecular weight is 286 g/mol. The van der Waals surface area contributed by atoms with E-state index in [1.807, 2.05) is 12.1 Å². The van der Waals surface area contributed by atoms with Crippen LogP contribution < -0.4 is 0 Å². The van der Waals surface area contributed by atoms with Crippen LogP contribution in [-0.2, 0) is 16.0 Å². The molecule has 5 heteroatoms. The van der Waals surface area contributed by atoms with E-state index in [1.165, 1.54) is 0 Å². The van der Waals surface area contributed by atoms with E-state index in [4.69, 9.17) is 23.2 Å². The summed E-state index contributed by atoms with van der Waals surface area (Å²) in [7, 11) is 0. The number of hydrogen-bond acceptors (Lipinski definition) is 2. The van der Waals surface area contributed by atoms with Crippen molar-refractivity contribution in [1.82, 2.24) is 4.90 Å². The molecule has 0 radical (unpaired) electrons. The van der Waals surface area contributed by atoms with Gasteiger partial charge in [0.15, 0.2) is 0 Å². The number of hydrogen-bond donors (Lipinski definition) is 0. The minimum absolute atomic E-state index is 0.0613. The standard InChI is InChI=1S/C13H13Cl2NO2/c14-10-5-3-9(4-6-10)8-12(17)16-7-1-2-11(16)13(15)18/h3-6,11H,1-2,7-8H2. The fourth-order valence-electron chi connectivity index (χ4n) is 2.18. The number of benzene rings is 1. The number of nitrogens with zero attached hydrogens (tertiary/aromatic N) is 1. The highest BCUT2D eigenvalue weighted by atomic mass is 35.5. The summed E-state index contributed by atoms with van der Waals surface area (Å²) in [5.74, 6) is -0.0613. The highest BCUT2D eigenvalue weighted by molar-refractivity contribution is 6.64. The zero-order valence-corrected chi connectivity index (χ0v) is 11.2. The van der Waals surface area contributed by atoms with Crippen molar-refractivity contribution in [3.05, 3.63) is 34.9 Å². The molecule has 1 aliphatic heterocycles. The summed E-state index contributed by atoms with van der Waals surface area (Å²) in [5.41, 5.74) is 0.886. The van der Waals surface area contributed by atoms with Gasteiger partial charge in [0.25, 0.3) is 0 Å². The van der Waals surface area contributed by atoms with Gasteiger partial charge in [0.2, 0.25) is 11.1 Å². The van der Waals surface area contributed by atoms with Gasteiger partial charge in [0.1, 0.15) is 6.04 Å². The van der Waals surface area contributed by atoms with Crippen LogP contribution in [0.4, 0.5) is 0 Å². The van der Waals surface area contributed by atoms with Crippen LogP contribution in [0.5, 0.6) is 0 Å². The molecule has 1 atom stereocenters. The summed E-state index contributed by atoms with van der Waals surface area (Å²) in [6.45, 7) is 0.607. The Kier molecular flexibility index (Phi) is 4.25. The average Bonchev–Trinajstić information content (AvgIpc) is 2.81. The third kappa shape index (κ3) is 3.03. The van der Waals surface area contributed by atoms with Crippen molar-refractivity contribution in [2.75, 3.05) is 6.54 Å². The van der Waals surface area contributed by atoms with E-state index in [-0.39, 0.29) is 12.3 Å². The highest BCUT2D eigenvalue weighted by Crippen LogP contribution is 2.21. The highest BCUT2D eigenvalue weighted by Gasteiger charge is 2.32. The maximum atomic E-state index is 12.1. The van der Waals surface area contributed by atoms with Gasteiger partial charge in [-0.05, 0) is 42.1 Å². The molecule has 0 spiro atoms. The van der Waals surface area contributed by atoms with Crippen LogP contribution in [0.3, 0.4) is 0 Å². The van der Waals surface area contributed by atoms with E-state index in [9.17, 15) is 9.59 Å². The van der Waals surface area contributed by atoms with E-state index in [0.717, 1.165) is 12.0 Å². The van der Waals surface area contributed by atoms with Gasteiger partial charge in [-0.1, -0.05) is 23.7 Å². The smallest absolute Gasteiger partial charge is 0.244 e. The van der Waals surface area contributed by atoms with Crippen molar-refractivity contribution in [3.8, 4) is 0 Å². The largest absolute Gasteiger partial charge is 0.331 e. The molecule has 1 fully saturated rings. The Balaban J connectivity index is 2.03. The first kappa shape index (κ1) is 13.4. The minimum atomic E-state index is -0.452. The Morgan fingerprint density at radius 1 is 1.28 bits per heavy atom. The van der Waals surface area contributed by atoms with Crippen LogP contribution in [0.25, 0.3) is 0 Å². The normalized spacial score (nSPS) is 19.0. The fraction of sp³-hybridized carbons (Fsp3) is 0.385. The molecule has 1 unspecified atom stereocenters. The quantitative estimate of drug-likeness (QED) is 0.801. The van der Waals surface area contributed by atoms with Gasteiger partial charge in [-0.15, -0.1) is 0 Å². The van der Waals surface area contributed by atoms with Crippen molar-refractivity contribution in [2.45, 2.75) is 25.3 Å². The molecule has 1 aliphatic rings. The van der Waals surface area contributed by atoms with Gasteiger partial charge in [0, 0.05) is 11.6 Å². The molecular weight excluding hydrogens is 273 g/mol. The van der Waals surface area contributed by atoms with Crippen LogP contribution in [0.15, 0.2) is 24.3 Å². The zero-order chi connectivity index (χ0) is 13.1. The fourth-order valence-corrected chi connectivity index (χ4v) is 2.53. The van der Waals surface area contributed by atoms with Crippen LogP contribution in [0, 0.1) is 0 Å². The summed E-state index contributed by atoms with van der Waals surface area (Å²) in [6.07, 6.45) is 1.77. The van der Waals surface area contributed by atoms with E-state index < -0.39 is 11.3 Å². The minimum Gasteiger partial charge on any atom is -0.331 e. The Hall–Kier alpha value is -1.06. The Bertz CT molecular complexity index is 459. The second-order valence-corrected chi connectivity index (χ2v) is 5.16. The molecule has 3 nitrogen and oxygen atoms in total. The summed E-state index contributed by atoms with van der Waals surface area (Å²) in [4.78, 5) is 24.9. The van der Waals surface area contributed by atoms with Gasteiger partial charge < -0.3 is 4.90 Å². The molecule has 1 saturated heterocycles. The summed E-state index contributed by atoms with van der Waals surface area (Å²) < 4.78 is 0. The lowest BCUT2D eigenvalue weighted by molar-refractivity contribution is -0.134. The van der Waals surface area contributed by atoms with Crippen LogP contribution >= 0.6 is 23.2 Å². The lowest BCUT2D eigenvalue weighted by Crippen LogP contribution is -2.39. The molecule has 18 heavy (non-hydrogen) atoms. The second-order valence-electron chi connectivity index (χ2n) is 4.35. The Morgan fingerprint density at radius 3 is 2.56 bits per heavy atom. The summed E-state index contributed by atoms with van der Waals surface area (Å²) in [6, 6.07) is 6.67. The van der Waals surface area contributed by atoms with Crippen molar-refractivity contribution in [2.24, 2.45) is 0 Å². The molecular formula is C13H13Cl2NO2. The summed E-state index contributed by atoms with van der Waals surface area (Å²) in [5, 5.41) is 0.193. The van der Waals surface area contributed by atoms with Crippen molar-refractivity contribution >= 4 is 34.4 Å². The molecule has 1 amide bonds. The van der Waals surface area contributed by atoms with Crippen LogP contribution in [-0.4, -0.2) is 28.6 Å². The molecule has 0 aromatic heterocycles. The molecule has 1 aromatic rings. The zero-order valence-electron chi connectivity index (χ0n) is 9.73. The Labute approximate surface area is 116 Å². The molecule has 0 N–H and O–H groups in total. The van der Waals surface area contributed by atoms with Gasteiger partial charge in [-0.25, -0.2) is 0 Å². The third-order valence-corrected chi connectivity index (χ3v) is 3.61. The first-order chi connectivity index (χ1) is 8.58. The third-order valence-electron chi connectivity index (χ3n) is 3.10. The SMILES string of the molecule is O=C(Cl)C1CCCN1C(=O)Cc1ccc(Cl)cc1. The number of carbonyl (C=O) groups excluding carboxylic acids is 2. The molecule has 0 bridgehead atoms. The molecule has 0 saturated carbocycles. The number of halogens is 2. The van der Waals surface area contributed by atoms with E-state index in [0.29, 0.717) is 18.0 Å². The molecule has 1 aromatic carbocycles.